The fourth-order valence-electron chi connectivity index (χ4n) is 5.35. The van der Waals surface area contributed by atoms with Gasteiger partial charge in [0.05, 0.1) is 37.7 Å². The van der Waals surface area contributed by atoms with Crippen LogP contribution in [0.3, 0.4) is 0 Å². The van der Waals surface area contributed by atoms with Crippen LogP contribution >= 0.6 is 0 Å². The number of hydrogen-bond acceptors (Lipinski definition) is 6. The Hall–Kier alpha value is -1.75. The van der Waals surface area contributed by atoms with Crippen LogP contribution in [0.15, 0.2) is 10.1 Å². The molecule has 0 aromatic heterocycles. The van der Waals surface area contributed by atoms with E-state index in [9.17, 15) is 22.4 Å². The lowest BCUT2D eigenvalue weighted by molar-refractivity contribution is -0.133. The largest absolute Gasteiger partial charge is 0.370 e. The first kappa shape index (κ1) is 22.4. The molecule has 0 aliphatic carbocycles. The van der Waals surface area contributed by atoms with Crippen molar-refractivity contribution >= 4 is 18.3 Å². The second-order valence-electron chi connectivity index (χ2n) is 8.96. The Morgan fingerprint density at radius 2 is 1.97 bits per heavy atom. The molecule has 0 aromatic carbocycles. The molecule has 1 amide bonds. The van der Waals surface area contributed by atoms with Gasteiger partial charge in [-0.15, -0.1) is 0 Å². The summed E-state index contributed by atoms with van der Waals surface area (Å²) in [6.45, 7) is 2.21. The summed E-state index contributed by atoms with van der Waals surface area (Å²) in [6, 6.07) is -0.263. The fraction of sp³-hybridized carbons (Fsp3) is 0.850. The van der Waals surface area contributed by atoms with Gasteiger partial charge < -0.3 is 15.0 Å². The third kappa shape index (κ3) is 5.02. The third-order valence-corrected chi connectivity index (χ3v) is 6.73. The van der Waals surface area contributed by atoms with Crippen molar-refractivity contribution in [1.82, 2.24) is 15.2 Å². The molecule has 7 nitrogen and oxygen atoms in total. The highest BCUT2D eigenvalue weighted by atomic mass is 19.3. The van der Waals surface area contributed by atoms with Gasteiger partial charge in [0.1, 0.15) is 6.61 Å². The molecule has 0 spiro atoms. The maximum absolute atomic E-state index is 13.1. The molecule has 4 aliphatic rings. The third-order valence-electron chi connectivity index (χ3n) is 6.73. The Labute approximate surface area is 178 Å². The number of fused-ring (bicyclic) bond motifs is 1. The number of hydrazone groups is 1. The molecule has 0 saturated carbocycles. The molecule has 7 atom stereocenters. The molecule has 4 heterocycles. The van der Waals surface area contributed by atoms with E-state index in [-0.39, 0.29) is 54.4 Å². The Bertz CT molecular complexity index is 709. The lowest BCUT2D eigenvalue weighted by Gasteiger charge is -2.40. The van der Waals surface area contributed by atoms with Gasteiger partial charge in [0.2, 0.25) is 5.91 Å². The van der Waals surface area contributed by atoms with Crippen LogP contribution in [0.4, 0.5) is 17.6 Å². The number of aliphatic imine (C=N–C) groups is 1. The van der Waals surface area contributed by atoms with Crippen LogP contribution in [0, 0.1) is 17.8 Å². The molecule has 31 heavy (non-hydrogen) atoms. The molecule has 2 fully saturated rings. The van der Waals surface area contributed by atoms with Crippen molar-refractivity contribution < 1.29 is 27.1 Å². The summed E-state index contributed by atoms with van der Waals surface area (Å²) >= 11 is 0. The highest BCUT2D eigenvalue weighted by Gasteiger charge is 2.50. The molecule has 0 aromatic rings. The molecule has 4 rings (SSSR count). The van der Waals surface area contributed by atoms with Crippen LogP contribution in [0.5, 0.6) is 0 Å². The fourth-order valence-corrected chi connectivity index (χ4v) is 5.35. The molecule has 4 aliphatic heterocycles. The first-order chi connectivity index (χ1) is 14.8. The molecule has 7 unspecified atom stereocenters. The maximum Gasteiger partial charge on any atom is 0.261 e. The molecule has 1 N–H and O–H groups in total. The van der Waals surface area contributed by atoms with Crippen molar-refractivity contribution in [2.24, 2.45) is 27.8 Å². The van der Waals surface area contributed by atoms with Gasteiger partial charge in [-0.3, -0.25) is 14.8 Å². The van der Waals surface area contributed by atoms with Gasteiger partial charge in [-0.2, -0.15) is 5.10 Å². The second kappa shape index (κ2) is 9.40. The quantitative estimate of drug-likeness (QED) is 0.601. The van der Waals surface area contributed by atoms with E-state index in [1.807, 2.05) is 6.21 Å². The topological polar surface area (TPSA) is 69.5 Å². The number of halogens is 4. The van der Waals surface area contributed by atoms with Crippen LogP contribution in [-0.2, 0) is 9.53 Å². The van der Waals surface area contributed by atoms with Crippen molar-refractivity contribution in [2.75, 3.05) is 32.8 Å². The summed E-state index contributed by atoms with van der Waals surface area (Å²) in [5.41, 5.74) is 0. The van der Waals surface area contributed by atoms with Crippen LogP contribution in [0.2, 0.25) is 0 Å². The van der Waals surface area contributed by atoms with Gasteiger partial charge in [-0.1, -0.05) is 6.92 Å². The van der Waals surface area contributed by atoms with E-state index < -0.39 is 26.0 Å². The van der Waals surface area contributed by atoms with Gasteiger partial charge in [0, 0.05) is 37.0 Å². The zero-order chi connectivity index (χ0) is 22.1. The first-order valence-electron chi connectivity index (χ1n) is 10.8. The van der Waals surface area contributed by atoms with Gasteiger partial charge in [-0.05, 0) is 18.8 Å². The average molecular weight is 447 g/mol. The SMILES string of the molecule is CC1CC(C2C=NCC(OCC(F)F)C2)NC2CN(C3C=NN(CC(F)F)C3)C(=O)C12. The Morgan fingerprint density at radius 3 is 2.71 bits per heavy atom. The van der Waals surface area contributed by atoms with Gasteiger partial charge in [0.15, 0.2) is 0 Å². The number of nitrogens with zero attached hydrogens (tertiary/aromatic N) is 4. The van der Waals surface area contributed by atoms with E-state index in [2.05, 4.69) is 22.3 Å². The van der Waals surface area contributed by atoms with Crippen molar-refractivity contribution in [3.8, 4) is 0 Å². The molecule has 0 radical (unpaired) electrons. The van der Waals surface area contributed by atoms with Crippen LogP contribution in [-0.4, -0.2) is 98.1 Å². The second-order valence-corrected chi connectivity index (χ2v) is 8.96. The summed E-state index contributed by atoms with van der Waals surface area (Å²) in [4.78, 5) is 19.2. The summed E-state index contributed by atoms with van der Waals surface area (Å²) in [7, 11) is 0. The molecular weight excluding hydrogens is 418 g/mol. The standard InChI is InChI=1S/C20H29F4N5O2/c1-11-2-15(12-3-14(6-25-4-12)31-10-18(23)24)27-16-8-29(20(30)19(11)16)13-5-26-28(7-13)9-17(21)22/h4-5,11-19,27H,2-3,6-10H2,1H3. The number of carbonyl (C=O) groups excluding carboxylic acids is 1. The van der Waals surface area contributed by atoms with E-state index in [1.165, 1.54) is 5.01 Å². The lowest BCUT2D eigenvalue weighted by Crippen LogP contribution is -2.55. The van der Waals surface area contributed by atoms with Crippen molar-refractivity contribution in [1.29, 1.82) is 0 Å². The maximum atomic E-state index is 13.1. The van der Waals surface area contributed by atoms with E-state index in [1.54, 1.807) is 11.1 Å². The van der Waals surface area contributed by atoms with Crippen molar-refractivity contribution in [3.63, 3.8) is 0 Å². The van der Waals surface area contributed by atoms with Gasteiger partial charge in [-0.25, -0.2) is 17.6 Å². The molecule has 2 saturated heterocycles. The van der Waals surface area contributed by atoms with Gasteiger partial charge >= 0.3 is 0 Å². The van der Waals surface area contributed by atoms with E-state index in [4.69, 9.17) is 4.74 Å². The van der Waals surface area contributed by atoms with Crippen LogP contribution < -0.4 is 5.32 Å². The Kier molecular flexibility index (Phi) is 6.80. The number of alkyl halides is 4. The number of amides is 1. The highest BCUT2D eigenvalue weighted by Crippen LogP contribution is 2.37. The van der Waals surface area contributed by atoms with E-state index in [0.29, 0.717) is 19.5 Å². The summed E-state index contributed by atoms with van der Waals surface area (Å²) in [6.07, 6.45) is -0.435. The molecule has 174 valence electrons. The predicted molar refractivity (Wildman–Crippen MR) is 107 cm³/mol. The summed E-state index contributed by atoms with van der Waals surface area (Å²) < 4.78 is 55.5. The monoisotopic (exact) mass is 447 g/mol. The predicted octanol–water partition coefficient (Wildman–Crippen LogP) is 1.49. The zero-order valence-electron chi connectivity index (χ0n) is 17.4. The van der Waals surface area contributed by atoms with Crippen LogP contribution in [0.25, 0.3) is 0 Å². The van der Waals surface area contributed by atoms with E-state index in [0.717, 1.165) is 6.42 Å². The minimum atomic E-state index is -2.50. The number of nitrogens with one attached hydrogen (secondary N) is 1. The first-order valence-corrected chi connectivity index (χ1v) is 10.8. The van der Waals surface area contributed by atoms with Crippen molar-refractivity contribution in [2.45, 2.75) is 56.8 Å². The number of piperidine rings is 1. The molecular formula is C20H29F4N5O2. The number of likely N-dealkylation sites (tertiary alicyclic amines) is 1. The summed E-state index contributed by atoms with van der Waals surface area (Å²) in [5, 5.41) is 8.93. The molecule has 0 bridgehead atoms. The smallest absolute Gasteiger partial charge is 0.261 e. The Morgan fingerprint density at radius 1 is 1.16 bits per heavy atom. The normalized spacial score (nSPS) is 38.0. The van der Waals surface area contributed by atoms with Crippen LogP contribution in [0.1, 0.15) is 19.8 Å². The van der Waals surface area contributed by atoms with Gasteiger partial charge in [0.25, 0.3) is 12.9 Å². The summed E-state index contributed by atoms with van der Waals surface area (Å²) in [5.74, 6) is 0.0630. The zero-order valence-corrected chi connectivity index (χ0v) is 17.4. The van der Waals surface area contributed by atoms with E-state index >= 15 is 0 Å². The van der Waals surface area contributed by atoms with Crippen molar-refractivity contribution in [3.05, 3.63) is 0 Å². The molecule has 11 heteroatoms. The average Bonchev–Trinajstić information content (AvgIpc) is 3.30. The minimum absolute atomic E-state index is 0.0363. The number of ether oxygens (including phenoxy) is 1. The lowest BCUT2D eigenvalue weighted by atomic mass is 9.76. The number of carbonyl (C=O) groups is 1. The highest BCUT2D eigenvalue weighted by molar-refractivity contribution is 5.86. The number of rotatable bonds is 7. The number of hydrogen-bond donors (Lipinski definition) is 1. The minimum Gasteiger partial charge on any atom is -0.370 e. The Balaban J connectivity index is 1.36.